The first-order chi connectivity index (χ1) is 15.3. The molecule has 0 spiro atoms. The van der Waals surface area contributed by atoms with Gasteiger partial charge in [-0.1, -0.05) is 36.4 Å². The van der Waals surface area contributed by atoms with Crippen LogP contribution in [0, 0.1) is 0 Å². The van der Waals surface area contributed by atoms with Crippen molar-refractivity contribution in [2.75, 3.05) is 42.6 Å². The number of rotatable bonds is 6. The monoisotopic (exact) mass is 437 g/mol. The maximum atomic E-state index is 6.34. The van der Waals surface area contributed by atoms with E-state index in [0.29, 0.717) is 13.2 Å². The Morgan fingerprint density at radius 2 is 1.77 bits per heavy atom. The predicted molar refractivity (Wildman–Crippen MR) is 121 cm³/mol. The standard InChI is InChI=1S/C23H27N5O2S/c1-2-8-19(9-3-1)23(11-5-7-17-29-23)30-18-20-25-22(31-26-20)28-15-13-27(14-16-28)21-10-4-6-12-24-21/h1-4,6,8-10,12H,5,7,11,13-18H2. The summed E-state index contributed by atoms with van der Waals surface area (Å²) in [6.45, 7) is 4.72. The molecule has 1 aromatic carbocycles. The zero-order valence-corrected chi connectivity index (χ0v) is 18.3. The summed E-state index contributed by atoms with van der Waals surface area (Å²) in [4.78, 5) is 13.8. The van der Waals surface area contributed by atoms with Gasteiger partial charge in [-0.25, -0.2) is 9.97 Å². The van der Waals surface area contributed by atoms with Crippen LogP contribution in [0.5, 0.6) is 0 Å². The number of benzene rings is 1. The second-order valence-corrected chi connectivity index (χ2v) is 8.60. The molecule has 2 aromatic heterocycles. The summed E-state index contributed by atoms with van der Waals surface area (Å²) in [5, 5.41) is 0.956. The third-order valence-corrected chi connectivity index (χ3v) is 6.68. The van der Waals surface area contributed by atoms with E-state index in [9.17, 15) is 0 Å². The molecular formula is C23H27N5O2S. The van der Waals surface area contributed by atoms with Crippen LogP contribution in [0.25, 0.3) is 0 Å². The topological polar surface area (TPSA) is 63.6 Å². The van der Waals surface area contributed by atoms with Crippen LogP contribution in [0.1, 0.15) is 30.7 Å². The van der Waals surface area contributed by atoms with Gasteiger partial charge in [0.1, 0.15) is 12.4 Å². The minimum atomic E-state index is -0.695. The lowest BCUT2D eigenvalue weighted by Gasteiger charge is -2.37. The van der Waals surface area contributed by atoms with E-state index >= 15 is 0 Å². The molecule has 7 nitrogen and oxygen atoms in total. The zero-order chi connectivity index (χ0) is 20.9. The van der Waals surface area contributed by atoms with Crippen molar-refractivity contribution in [2.24, 2.45) is 0 Å². The average Bonchev–Trinajstić information content (AvgIpc) is 3.34. The minimum Gasteiger partial charge on any atom is -0.353 e. The van der Waals surface area contributed by atoms with Crippen LogP contribution < -0.4 is 9.80 Å². The number of pyridine rings is 1. The Balaban J connectivity index is 1.21. The molecule has 4 heterocycles. The minimum absolute atomic E-state index is 0.347. The number of anilines is 2. The van der Waals surface area contributed by atoms with Crippen LogP contribution in [0.2, 0.25) is 0 Å². The van der Waals surface area contributed by atoms with E-state index in [2.05, 4.69) is 37.4 Å². The third-order valence-electron chi connectivity index (χ3n) is 5.86. The first-order valence-corrected chi connectivity index (χ1v) is 11.7. The average molecular weight is 438 g/mol. The Morgan fingerprint density at radius 3 is 2.52 bits per heavy atom. The first-order valence-electron chi connectivity index (χ1n) is 10.9. The zero-order valence-electron chi connectivity index (χ0n) is 17.5. The fourth-order valence-corrected chi connectivity index (χ4v) is 4.89. The van der Waals surface area contributed by atoms with Crippen LogP contribution in [0.15, 0.2) is 54.7 Å². The van der Waals surface area contributed by atoms with Crippen molar-refractivity contribution < 1.29 is 9.47 Å². The number of piperazine rings is 1. The molecule has 0 amide bonds. The van der Waals surface area contributed by atoms with E-state index in [1.165, 1.54) is 11.5 Å². The van der Waals surface area contributed by atoms with Crippen LogP contribution in [0.3, 0.4) is 0 Å². The number of hydrogen-bond acceptors (Lipinski definition) is 8. The Hall–Kier alpha value is -2.55. The molecule has 3 aromatic rings. The van der Waals surface area contributed by atoms with E-state index in [0.717, 1.165) is 67.8 Å². The van der Waals surface area contributed by atoms with Gasteiger partial charge < -0.3 is 19.3 Å². The Labute approximate surface area is 186 Å². The van der Waals surface area contributed by atoms with Crippen molar-refractivity contribution in [3.63, 3.8) is 0 Å². The number of aromatic nitrogens is 3. The molecule has 0 radical (unpaired) electrons. The van der Waals surface area contributed by atoms with Crippen LogP contribution >= 0.6 is 11.5 Å². The molecule has 1 atom stereocenters. The molecule has 0 bridgehead atoms. The summed E-state index contributed by atoms with van der Waals surface area (Å²) in [6.07, 6.45) is 4.85. The second-order valence-electron chi connectivity index (χ2n) is 7.87. The van der Waals surface area contributed by atoms with E-state index in [1.807, 2.05) is 36.5 Å². The van der Waals surface area contributed by atoms with Gasteiger partial charge in [0.05, 0.1) is 6.61 Å². The van der Waals surface area contributed by atoms with Crippen molar-refractivity contribution in [1.82, 2.24) is 14.3 Å². The summed E-state index contributed by atoms with van der Waals surface area (Å²) in [5.74, 6) is 1.06. The fourth-order valence-electron chi connectivity index (χ4n) is 4.17. The van der Waals surface area contributed by atoms with Crippen molar-refractivity contribution in [3.05, 3.63) is 66.1 Å². The normalized spacial score (nSPS) is 21.9. The van der Waals surface area contributed by atoms with Crippen molar-refractivity contribution in [2.45, 2.75) is 31.7 Å². The highest BCUT2D eigenvalue weighted by molar-refractivity contribution is 7.09. The molecule has 8 heteroatoms. The molecule has 162 valence electrons. The highest BCUT2D eigenvalue weighted by Crippen LogP contribution is 2.37. The van der Waals surface area contributed by atoms with Gasteiger partial charge in [-0.15, -0.1) is 0 Å². The summed E-state index contributed by atoms with van der Waals surface area (Å²) >= 11 is 1.44. The molecule has 5 rings (SSSR count). The predicted octanol–water partition coefficient (Wildman–Crippen LogP) is 3.83. The summed E-state index contributed by atoms with van der Waals surface area (Å²) in [6, 6.07) is 16.3. The van der Waals surface area contributed by atoms with Crippen molar-refractivity contribution in [3.8, 4) is 0 Å². The van der Waals surface area contributed by atoms with E-state index in [1.54, 1.807) is 0 Å². The van der Waals surface area contributed by atoms with E-state index in [4.69, 9.17) is 14.5 Å². The fraction of sp³-hybridized carbons (Fsp3) is 0.435. The van der Waals surface area contributed by atoms with Crippen LogP contribution in [0.4, 0.5) is 10.9 Å². The summed E-state index contributed by atoms with van der Waals surface area (Å²) < 4.78 is 17.1. The van der Waals surface area contributed by atoms with Crippen molar-refractivity contribution >= 4 is 22.5 Å². The Bertz CT molecular complexity index is 954. The van der Waals surface area contributed by atoms with Gasteiger partial charge in [0.15, 0.2) is 11.6 Å². The molecule has 2 fully saturated rings. The molecule has 0 saturated carbocycles. The lowest BCUT2D eigenvalue weighted by molar-refractivity contribution is -0.272. The van der Waals surface area contributed by atoms with Gasteiger partial charge in [0.25, 0.3) is 0 Å². The van der Waals surface area contributed by atoms with E-state index < -0.39 is 5.79 Å². The Kier molecular flexibility index (Phi) is 6.11. The summed E-state index contributed by atoms with van der Waals surface area (Å²) in [5.41, 5.74) is 1.07. The van der Waals surface area contributed by atoms with Gasteiger partial charge in [0.2, 0.25) is 5.13 Å². The van der Waals surface area contributed by atoms with Gasteiger partial charge in [-0.2, -0.15) is 4.37 Å². The number of ether oxygens (including phenoxy) is 2. The molecule has 2 aliphatic rings. The lowest BCUT2D eigenvalue weighted by atomic mass is 9.97. The third kappa shape index (κ3) is 4.56. The van der Waals surface area contributed by atoms with Gasteiger partial charge >= 0.3 is 0 Å². The molecule has 2 aliphatic heterocycles. The second kappa shape index (κ2) is 9.30. The van der Waals surface area contributed by atoms with Crippen LogP contribution in [-0.2, 0) is 21.9 Å². The molecule has 2 saturated heterocycles. The molecule has 0 aliphatic carbocycles. The van der Waals surface area contributed by atoms with Gasteiger partial charge in [-0.05, 0) is 25.0 Å². The van der Waals surface area contributed by atoms with Gasteiger partial charge in [0, 0.05) is 55.9 Å². The molecule has 0 N–H and O–H groups in total. The van der Waals surface area contributed by atoms with Gasteiger partial charge in [-0.3, -0.25) is 0 Å². The largest absolute Gasteiger partial charge is 0.353 e. The summed E-state index contributed by atoms with van der Waals surface area (Å²) in [7, 11) is 0. The Morgan fingerprint density at radius 1 is 0.968 bits per heavy atom. The smallest absolute Gasteiger partial charge is 0.205 e. The SMILES string of the molecule is c1ccc(C2(OCc3nsc(N4CCN(c5ccccn5)CC4)n3)CCCCO2)cc1. The lowest BCUT2D eigenvalue weighted by Crippen LogP contribution is -2.46. The van der Waals surface area contributed by atoms with Crippen LogP contribution in [-0.4, -0.2) is 47.1 Å². The first kappa shape index (κ1) is 20.4. The van der Waals surface area contributed by atoms with Crippen molar-refractivity contribution in [1.29, 1.82) is 0 Å². The van der Waals surface area contributed by atoms with E-state index in [-0.39, 0.29) is 0 Å². The number of hydrogen-bond donors (Lipinski definition) is 0. The quantitative estimate of drug-likeness (QED) is 0.581. The maximum absolute atomic E-state index is 6.34. The maximum Gasteiger partial charge on any atom is 0.205 e. The molecular weight excluding hydrogens is 410 g/mol. The molecule has 1 unspecified atom stereocenters. The molecule has 31 heavy (non-hydrogen) atoms. The highest BCUT2D eigenvalue weighted by atomic mass is 32.1. The number of nitrogens with zero attached hydrogens (tertiary/aromatic N) is 5. The highest BCUT2D eigenvalue weighted by Gasteiger charge is 2.36.